The van der Waals surface area contributed by atoms with Crippen LogP contribution in [0.1, 0.15) is 30.9 Å². The molecule has 2 aromatic rings. The SMILES string of the molecule is C/N=C\C=C(/N)NCCCNc1cc(C2CC2)nc(-c2ccc(Cl)cc2Cl)n1. The Morgan fingerprint density at radius 2 is 2.07 bits per heavy atom. The molecule has 28 heavy (non-hydrogen) atoms. The van der Waals surface area contributed by atoms with Crippen molar-refractivity contribution in [2.75, 3.05) is 25.5 Å². The van der Waals surface area contributed by atoms with E-state index in [0.29, 0.717) is 27.6 Å². The van der Waals surface area contributed by atoms with E-state index in [2.05, 4.69) is 20.6 Å². The predicted octanol–water partition coefficient (Wildman–Crippen LogP) is 4.22. The molecule has 3 rings (SSSR count). The number of nitrogens with one attached hydrogen (secondary N) is 2. The van der Waals surface area contributed by atoms with Crippen LogP contribution in [0.4, 0.5) is 5.82 Å². The predicted molar refractivity (Wildman–Crippen MR) is 117 cm³/mol. The van der Waals surface area contributed by atoms with E-state index in [-0.39, 0.29) is 0 Å². The third-order valence-electron chi connectivity index (χ3n) is 4.31. The molecule has 0 bridgehead atoms. The molecule has 1 aliphatic rings. The molecule has 1 aromatic carbocycles. The summed E-state index contributed by atoms with van der Waals surface area (Å²) < 4.78 is 0. The Kier molecular flexibility index (Phi) is 7.12. The Hall–Kier alpha value is -2.31. The van der Waals surface area contributed by atoms with Gasteiger partial charge in [0.25, 0.3) is 0 Å². The fourth-order valence-corrected chi connectivity index (χ4v) is 3.18. The second kappa shape index (κ2) is 9.75. The maximum absolute atomic E-state index is 6.36. The Bertz CT molecular complexity index is 877. The Labute approximate surface area is 175 Å². The van der Waals surface area contributed by atoms with Crippen LogP contribution in [0.25, 0.3) is 11.4 Å². The molecule has 4 N–H and O–H groups in total. The summed E-state index contributed by atoms with van der Waals surface area (Å²) in [5, 5.41) is 7.66. The van der Waals surface area contributed by atoms with Crippen LogP contribution in [-0.4, -0.2) is 36.3 Å². The zero-order valence-corrected chi connectivity index (χ0v) is 17.3. The quantitative estimate of drug-likeness (QED) is 0.418. The highest BCUT2D eigenvalue weighted by molar-refractivity contribution is 6.36. The number of aromatic nitrogens is 2. The van der Waals surface area contributed by atoms with E-state index in [1.165, 1.54) is 12.8 Å². The Morgan fingerprint density at radius 1 is 1.25 bits per heavy atom. The van der Waals surface area contributed by atoms with Crippen molar-refractivity contribution in [3.63, 3.8) is 0 Å². The van der Waals surface area contributed by atoms with Gasteiger partial charge < -0.3 is 16.4 Å². The fourth-order valence-electron chi connectivity index (χ4n) is 2.69. The van der Waals surface area contributed by atoms with Gasteiger partial charge in [0.15, 0.2) is 5.82 Å². The van der Waals surface area contributed by atoms with Gasteiger partial charge in [-0.25, -0.2) is 9.97 Å². The molecule has 6 nitrogen and oxygen atoms in total. The van der Waals surface area contributed by atoms with Crippen molar-refractivity contribution in [1.29, 1.82) is 0 Å². The second-order valence-corrected chi connectivity index (χ2v) is 7.48. The first-order valence-electron chi connectivity index (χ1n) is 9.27. The molecule has 0 atom stereocenters. The molecule has 148 valence electrons. The molecular weight excluding hydrogens is 395 g/mol. The summed E-state index contributed by atoms with van der Waals surface area (Å²) in [4.78, 5) is 13.2. The van der Waals surface area contributed by atoms with Crippen LogP contribution in [0.15, 0.2) is 41.2 Å². The number of nitrogens with two attached hydrogens (primary N) is 1. The van der Waals surface area contributed by atoms with E-state index in [1.807, 2.05) is 12.1 Å². The summed E-state index contributed by atoms with van der Waals surface area (Å²) in [6.45, 7) is 1.51. The largest absolute Gasteiger partial charge is 0.385 e. The minimum absolute atomic E-state index is 0.514. The normalized spacial score (nSPS) is 14.5. The van der Waals surface area contributed by atoms with E-state index in [4.69, 9.17) is 33.9 Å². The van der Waals surface area contributed by atoms with Gasteiger partial charge in [0, 0.05) is 54.6 Å². The van der Waals surface area contributed by atoms with Gasteiger partial charge in [-0.15, -0.1) is 0 Å². The molecular formula is C20H24Cl2N6. The number of hydrogen-bond acceptors (Lipinski definition) is 6. The number of halogens is 2. The number of hydrogen-bond donors (Lipinski definition) is 3. The van der Waals surface area contributed by atoms with E-state index in [9.17, 15) is 0 Å². The Balaban J connectivity index is 1.65. The molecule has 0 saturated heterocycles. The minimum atomic E-state index is 0.514. The van der Waals surface area contributed by atoms with Crippen molar-refractivity contribution < 1.29 is 0 Å². The van der Waals surface area contributed by atoms with Gasteiger partial charge in [0.05, 0.1) is 10.8 Å². The van der Waals surface area contributed by atoms with Crippen LogP contribution in [-0.2, 0) is 0 Å². The molecule has 0 aliphatic heterocycles. The van der Waals surface area contributed by atoms with Crippen molar-refractivity contribution in [2.24, 2.45) is 10.7 Å². The van der Waals surface area contributed by atoms with Crippen molar-refractivity contribution in [1.82, 2.24) is 15.3 Å². The first-order chi connectivity index (χ1) is 13.6. The molecule has 0 radical (unpaired) electrons. The number of allylic oxidation sites excluding steroid dienone is 1. The van der Waals surface area contributed by atoms with Crippen LogP contribution >= 0.6 is 23.2 Å². The molecule has 1 saturated carbocycles. The third kappa shape index (κ3) is 5.84. The topological polar surface area (TPSA) is 88.2 Å². The number of rotatable bonds is 9. The smallest absolute Gasteiger partial charge is 0.163 e. The highest BCUT2D eigenvalue weighted by atomic mass is 35.5. The van der Waals surface area contributed by atoms with E-state index in [0.717, 1.165) is 36.6 Å². The average molecular weight is 419 g/mol. The maximum Gasteiger partial charge on any atom is 0.163 e. The van der Waals surface area contributed by atoms with E-state index >= 15 is 0 Å². The van der Waals surface area contributed by atoms with Crippen molar-refractivity contribution in [3.8, 4) is 11.4 Å². The second-order valence-electron chi connectivity index (χ2n) is 6.64. The lowest BCUT2D eigenvalue weighted by atomic mass is 10.2. The highest BCUT2D eigenvalue weighted by Gasteiger charge is 2.26. The number of nitrogens with zero attached hydrogens (tertiary/aromatic N) is 3. The highest BCUT2D eigenvalue weighted by Crippen LogP contribution is 2.40. The van der Waals surface area contributed by atoms with Crippen LogP contribution in [0.2, 0.25) is 10.0 Å². The molecule has 1 aromatic heterocycles. The van der Waals surface area contributed by atoms with Gasteiger partial charge in [0.2, 0.25) is 0 Å². The molecule has 1 fully saturated rings. The van der Waals surface area contributed by atoms with Gasteiger partial charge in [-0.3, -0.25) is 4.99 Å². The standard InChI is InChI=1S/C20H24Cl2N6/c1-24-10-7-18(23)25-8-2-9-26-19-12-17(13-3-4-13)27-20(28-19)15-6-5-14(21)11-16(15)22/h5-7,10-13,25H,2-4,8-9,23H2,1H3,(H,26,27,28)/b18-7+,24-10-. The molecule has 0 spiro atoms. The van der Waals surface area contributed by atoms with Gasteiger partial charge >= 0.3 is 0 Å². The first kappa shape index (κ1) is 20.4. The van der Waals surface area contributed by atoms with Crippen LogP contribution < -0.4 is 16.4 Å². The van der Waals surface area contributed by atoms with Gasteiger partial charge in [0.1, 0.15) is 5.82 Å². The molecule has 0 unspecified atom stereocenters. The average Bonchev–Trinajstić information content (AvgIpc) is 3.51. The molecule has 0 amide bonds. The lowest BCUT2D eigenvalue weighted by Crippen LogP contribution is -2.23. The fraction of sp³-hybridized carbons (Fsp3) is 0.350. The zero-order chi connectivity index (χ0) is 19.9. The number of anilines is 1. The van der Waals surface area contributed by atoms with E-state index < -0.39 is 0 Å². The van der Waals surface area contributed by atoms with Gasteiger partial charge in [-0.2, -0.15) is 0 Å². The summed E-state index contributed by atoms with van der Waals surface area (Å²) in [5.74, 6) is 2.54. The lowest BCUT2D eigenvalue weighted by molar-refractivity contribution is 0.739. The van der Waals surface area contributed by atoms with Gasteiger partial charge in [-0.05, 0) is 43.5 Å². The monoisotopic (exact) mass is 418 g/mol. The minimum Gasteiger partial charge on any atom is -0.385 e. The molecule has 8 heteroatoms. The van der Waals surface area contributed by atoms with Crippen LogP contribution in [0.3, 0.4) is 0 Å². The zero-order valence-electron chi connectivity index (χ0n) is 15.8. The van der Waals surface area contributed by atoms with Crippen molar-refractivity contribution in [3.05, 3.63) is 51.9 Å². The van der Waals surface area contributed by atoms with Gasteiger partial charge in [-0.1, -0.05) is 23.2 Å². The molecule has 1 aliphatic carbocycles. The van der Waals surface area contributed by atoms with E-state index in [1.54, 1.807) is 31.5 Å². The summed E-state index contributed by atoms with van der Waals surface area (Å²) in [6.07, 6.45) is 6.62. The Morgan fingerprint density at radius 3 is 2.79 bits per heavy atom. The van der Waals surface area contributed by atoms with Crippen molar-refractivity contribution >= 4 is 35.2 Å². The summed E-state index contributed by atoms with van der Waals surface area (Å²) >= 11 is 12.4. The summed E-state index contributed by atoms with van der Waals surface area (Å²) in [5.41, 5.74) is 7.66. The number of benzene rings is 1. The summed E-state index contributed by atoms with van der Waals surface area (Å²) in [7, 11) is 1.71. The van der Waals surface area contributed by atoms with Crippen molar-refractivity contribution in [2.45, 2.75) is 25.2 Å². The third-order valence-corrected chi connectivity index (χ3v) is 4.85. The maximum atomic E-state index is 6.36. The first-order valence-corrected chi connectivity index (χ1v) is 10.0. The number of aliphatic imine (C=N–C) groups is 1. The van der Waals surface area contributed by atoms with Crippen LogP contribution in [0.5, 0.6) is 0 Å². The lowest BCUT2D eigenvalue weighted by Gasteiger charge is -2.11. The summed E-state index contributed by atoms with van der Waals surface area (Å²) in [6, 6.07) is 7.41. The molecule has 1 heterocycles. The van der Waals surface area contributed by atoms with Crippen LogP contribution in [0, 0.1) is 0 Å².